The first kappa shape index (κ1) is 16.3. The molecule has 3 rings (SSSR count). The van der Waals surface area contributed by atoms with E-state index in [4.69, 9.17) is 0 Å². The number of rotatable bonds is 5. The molecule has 23 heavy (non-hydrogen) atoms. The Bertz CT molecular complexity index is 541. The second-order valence-electron chi connectivity index (χ2n) is 6.82. The molecule has 0 radical (unpaired) electrons. The van der Waals surface area contributed by atoms with Crippen molar-refractivity contribution in [1.82, 2.24) is 15.5 Å². The third-order valence-corrected chi connectivity index (χ3v) is 5.17. The lowest BCUT2D eigenvalue weighted by Crippen LogP contribution is -2.53. The molecule has 1 fully saturated rings. The number of fused-ring (bicyclic) bond motifs is 1. The number of carbonyl (C=O) groups excluding carboxylic acids is 1. The van der Waals surface area contributed by atoms with Gasteiger partial charge in [-0.05, 0) is 30.4 Å². The number of hydrogen-bond donors (Lipinski definition) is 3. The minimum atomic E-state index is -0.395. The molecule has 5 heteroatoms. The highest BCUT2D eigenvalue weighted by Crippen LogP contribution is 2.28. The second-order valence-corrected chi connectivity index (χ2v) is 6.82. The number of nitrogens with zero attached hydrogens (tertiary/aromatic N) is 1. The zero-order chi connectivity index (χ0) is 16.1. The summed E-state index contributed by atoms with van der Waals surface area (Å²) >= 11 is 0. The summed E-state index contributed by atoms with van der Waals surface area (Å²) in [4.78, 5) is 14.4. The van der Waals surface area contributed by atoms with E-state index in [0.29, 0.717) is 6.54 Å². The molecule has 1 heterocycles. The van der Waals surface area contributed by atoms with Gasteiger partial charge in [-0.2, -0.15) is 0 Å². The highest BCUT2D eigenvalue weighted by Gasteiger charge is 2.34. The maximum atomic E-state index is 12.1. The highest BCUT2D eigenvalue weighted by molar-refractivity contribution is 5.74. The minimum Gasteiger partial charge on any atom is -0.394 e. The molecule has 1 aliphatic heterocycles. The molecule has 0 atom stereocenters. The van der Waals surface area contributed by atoms with Crippen molar-refractivity contribution in [3.05, 3.63) is 35.4 Å². The lowest BCUT2D eigenvalue weighted by Gasteiger charge is -2.30. The van der Waals surface area contributed by atoms with Crippen molar-refractivity contribution < 1.29 is 9.90 Å². The Morgan fingerprint density at radius 3 is 2.70 bits per heavy atom. The van der Waals surface area contributed by atoms with Gasteiger partial charge in [-0.3, -0.25) is 4.90 Å². The zero-order valence-corrected chi connectivity index (χ0v) is 13.7. The summed E-state index contributed by atoms with van der Waals surface area (Å²) in [6.45, 7) is 3.52. The largest absolute Gasteiger partial charge is 0.394 e. The Morgan fingerprint density at radius 1 is 1.22 bits per heavy atom. The highest BCUT2D eigenvalue weighted by atomic mass is 16.3. The first-order valence-corrected chi connectivity index (χ1v) is 8.67. The monoisotopic (exact) mass is 317 g/mol. The summed E-state index contributed by atoms with van der Waals surface area (Å²) < 4.78 is 0. The van der Waals surface area contributed by atoms with Crippen LogP contribution in [0.4, 0.5) is 4.79 Å². The quantitative estimate of drug-likeness (QED) is 0.774. The summed E-state index contributed by atoms with van der Waals surface area (Å²) in [5.74, 6) is 0. The molecule has 5 nitrogen and oxygen atoms in total. The van der Waals surface area contributed by atoms with Crippen molar-refractivity contribution in [2.24, 2.45) is 0 Å². The van der Waals surface area contributed by atoms with Gasteiger partial charge in [0.05, 0.1) is 12.1 Å². The lowest BCUT2D eigenvalue weighted by atomic mass is 9.99. The Hall–Kier alpha value is -1.59. The van der Waals surface area contributed by atoms with Crippen LogP contribution >= 0.6 is 0 Å². The Kier molecular flexibility index (Phi) is 5.18. The molecular weight excluding hydrogens is 290 g/mol. The van der Waals surface area contributed by atoms with E-state index in [1.165, 1.54) is 11.1 Å². The number of carbonyl (C=O) groups is 1. The first-order chi connectivity index (χ1) is 11.2. The van der Waals surface area contributed by atoms with Gasteiger partial charge in [0.25, 0.3) is 0 Å². The molecule has 0 aromatic heterocycles. The van der Waals surface area contributed by atoms with Crippen LogP contribution in [-0.2, 0) is 13.0 Å². The molecule has 1 aromatic carbocycles. The van der Waals surface area contributed by atoms with Crippen LogP contribution in [0, 0.1) is 0 Å². The number of nitrogens with one attached hydrogen (secondary N) is 2. The van der Waals surface area contributed by atoms with Crippen LogP contribution in [0.2, 0.25) is 0 Å². The third-order valence-electron chi connectivity index (χ3n) is 5.17. The lowest BCUT2D eigenvalue weighted by molar-refractivity contribution is 0.162. The average Bonchev–Trinajstić information content (AvgIpc) is 3.03. The Balaban J connectivity index is 1.41. The van der Waals surface area contributed by atoms with Gasteiger partial charge in [-0.15, -0.1) is 0 Å². The molecule has 1 aromatic rings. The van der Waals surface area contributed by atoms with Gasteiger partial charge in [-0.1, -0.05) is 37.1 Å². The van der Waals surface area contributed by atoms with E-state index in [1.54, 1.807) is 0 Å². The van der Waals surface area contributed by atoms with E-state index >= 15 is 0 Å². The summed E-state index contributed by atoms with van der Waals surface area (Å²) in [6.07, 6.45) is 4.98. The fourth-order valence-corrected chi connectivity index (χ4v) is 3.73. The van der Waals surface area contributed by atoms with Crippen LogP contribution in [0.3, 0.4) is 0 Å². The topological polar surface area (TPSA) is 64.6 Å². The fraction of sp³-hybridized carbons (Fsp3) is 0.611. The maximum absolute atomic E-state index is 12.1. The molecule has 126 valence electrons. The van der Waals surface area contributed by atoms with Crippen LogP contribution in [0.15, 0.2) is 24.3 Å². The molecule has 1 saturated carbocycles. The summed E-state index contributed by atoms with van der Waals surface area (Å²) in [7, 11) is 0. The van der Waals surface area contributed by atoms with Crippen LogP contribution < -0.4 is 10.6 Å². The van der Waals surface area contributed by atoms with Gasteiger partial charge in [-0.25, -0.2) is 4.79 Å². The van der Waals surface area contributed by atoms with Crippen molar-refractivity contribution >= 4 is 6.03 Å². The number of amides is 2. The molecule has 2 amide bonds. The SMILES string of the molecule is O=C(NCCN1CCc2ccccc2C1)NC1(CO)CCCC1. The van der Waals surface area contributed by atoms with E-state index in [1.807, 2.05) is 0 Å². The molecule has 0 spiro atoms. The van der Waals surface area contributed by atoms with Crippen molar-refractivity contribution in [3.63, 3.8) is 0 Å². The number of benzene rings is 1. The van der Waals surface area contributed by atoms with E-state index in [2.05, 4.69) is 39.8 Å². The summed E-state index contributed by atoms with van der Waals surface area (Å²) in [5, 5.41) is 15.5. The van der Waals surface area contributed by atoms with Gasteiger partial charge in [0, 0.05) is 26.2 Å². The Labute approximate surface area is 138 Å². The molecule has 3 N–H and O–H groups in total. The van der Waals surface area contributed by atoms with Gasteiger partial charge in [0.2, 0.25) is 0 Å². The smallest absolute Gasteiger partial charge is 0.315 e. The first-order valence-electron chi connectivity index (χ1n) is 8.67. The molecule has 0 bridgehead atoms. The Morgan fingerprint density at radius 2 is 1.96 bits per heavy atom. The van der Waals surface area contributed by atoms with E-state index in [9.17, 15) is 9.90 Å². The van der Waals surface area contributed by atoms with Crippen LogP contribution in [0.1, 0.15) is 36.8 Å². The zero-order valence-electron chi connectivity index (χ0n) is 13.7. The summed E-state index contributed by atoms with van der Waals surface area (Å²) in [5.41, 5.74) is 2.45. The number of hydrogen-bond acceptors (Lipinski definition) is 3. The predicted molar refractivity (Wildman–Crippen MR) is 90.2 cm³/mol. The molecule has 0 unspecified atom stereocenters. The normalized spacial score (nSPS) is 20.0. The van der Waals surface area contributed by atoms with Crippen molar-refractivity contribution in [3.8, 4) is 0 Å². The number of urea groups is 1. The molecular formula is C18H27N3O2. The van der Waals surface area contributed by atoms with Crippen molar-refractivity contribution in [2.75, 3.05) is 26.2 Å². The number of aliphatic hydroxyl groups excluding tert-OH is 1. The third kappa shape index (κ3) is 4.03. The van der Waals surface area contributed by atoms with Crippen LogP contribution in [0.5, 0.6) is 0 Å². The van der Waals surface area contributed by atoms with E-state index < -0.39 is 5.54 Å². The minimum absolute atomic E-state index is 0.0311. The van der Waals surface area contributed by atoms with E-state index in [0.717, 1.165) is 51.7 Å². The van der Waals surface area contributed by atoms with Crippen LogP contribution in [-0.4, -0.2) is 47.8 Å². The van der Waals surface area contributed by atoms with Gasteiger partial charge in [0.1, 0.15) is 0 Å². The molecule has 1 aliphatic carbocycles. The van der Waals surface area contributed by atoms with Gasteiger partial charge in [0.15, 0.2) is 0 Å². The van der Waals surface area contributed by atoms with Crippen molar-refractivity contribution in [2.45, 2.75) is 44.2 Å². The second kappa shape index (κ2) is 7.32. The van der Waals surface area contributed by atoms with Gasteiger partial charge >= 0.3 is 6.03 Å². The molecule has 2 aliphatic rings. The van der Waals surface area contributed by atoms with Crippen molar-refractivity contribution in [1.29, 1.82) is 0 Å². The van der Waals surface area contributed by atoms with E-state index in [-0.39, 0.29) is 12.6 Å². The maximum Gasteiger partial charge on any atom is 0.315 e. The average molecular weight is 317 g/mol. The van der Waals surface area contributed by atoms with Crippen LogP contribution in [0.25, 0.3) is 0 Å². The predicted octanol–water partition coefficient (Wildman–Crippen LogP) is 1.65. The summed E-state index contributed by atoms with van der Waals surface area (Å²) in [6, 6.07) is 8.42. The standard InChI is InChI=1S/C18H27N3O2/c22-14-18(8-3-4-9-18)20-17(23)19-10-12-21-11-7-15-5-1-2-6-16(15)13-21/h1-2,5-6,22H,3-4,7-14H2,(H2,19,20,23). The number of aliphatic hydroxyl groups is 1. The fourth-order valence-electron chi connectivity index (χ4n) is 3.73. The van der Waals surface area contributed by atoms with Gasteiger partial charge < -0.3 is 15.7 Å². The molecule has 0 saturated heterocycles.